The monoisotopic (exact) mass is 210 g/mol. The zero-order valence-electron chi connectivity index (χ0n) is 9.78. The van der Waals surface area contributed by atoms with E-state index in [9.17, 15) is 4.79 Å². The summed E-state index contributed by atoms with van der Waals surface area (Å²) in [7, 11) is 0. The number of nitrogens with zero attached hydrogens (tertiary/aromatic N) is 2. The lowest BCUT2D eigenvalue weighted by atomic mass is 10.2. The van der Waals surface area contributed by atoms with Gasteiger partial charge < -0.3 is 9.30 Å². The Kier molecular flexibility index (Phi) is 3.88. The molecule has 0 aliphatic heterocycles. The zero-order chi connectivity index (χ0) is 11.4. The Hall–Kier alpha value is -1.32. The Morgan fingerprint density at radius 3 is 2.80 bits per heavy atom. The molecule has 0 aromatic carbocycles. The molecule has 15 heavy (non-hydrogen) atoms. The van der Waals surface area contributed by atoms with Crippen molar-refractivity contribution in [2.24, 2.45) is 0 Å². The van der Waals surface area contributed by atoms with Crippen molar-refractivity contribution < 1.29 is 9.53 Å². The van der Waals surface area contributed by atoms with Gasteiger partial charge in [-0.15, -0.1) is 0 Å². The quantitative estimate of drug-likeness (QED) is 0.716. The number of rotatable bonds is 4. The molecule has 0 bridgehead atoms. The molecule has 1 heterocycles. The summed E-state index contributed by atoms with van der Waals surface area (Å²) in [6.45, 7) is 8.16. The molecule has 0 N–H and O–H groups in total. The van der Waals surface area contributed by atoms with Crippen LogP contribution in [-0.2, 0) is 4.74 Å². The standard InChI is InChI=1S/C11H18N2O2/c1-5-8(3)13-7-12-9(4)10(13)11(14)15-6-2/h7-8H,5-6H2,1-4H3. The number of aromatic nitrogens is 2. The van der Waals surface area contributed by atoms with Crippen molar-refractivity contribution in [3.05, 3.63) is 17.7 Å². The van der Waals surface area contributed by atoms with Crippen LogP contribution in [0.25, 0.3) is 0 Å². The van der Waals surface area contributed by atoms with Gasteiger partial charge in [0.15, 0.2) is 0 Å². The van der Waals surface area contributed by atoms with Crippen LogP contribution in [0, 0.1) is 6.92 Å². The van der Waals surface area contributed by atoms with Gasteiger partial charge in [0.25, 0.3) is 0 Å². The Bertz CT molecular complexity index is 344. The van der Waals surface area contributed by atoms with Gasteiger partial charge in [-0.1, -0.05) is 6.92 Å². The number of ether oxygens (including phenoxy) is 1. The molecule has 0 spiro atoms. The number of carbonyl (C=O) groups excluding carboxylic acids is 1. The molecule has 0 amide bonds. The Labute approximate surface area is 90.3 Å². The van der Waals surface area contributed by atoms with Crippen LogP contribution in [-0.4, -0.2) is 22.1 Å². The van der Waals surface area contributed by atoms with E-state index in [1.165, 1.54) is 0 Å². The maximum atomic E-state index is 11.7. The van der Waals surface area contributed by atoms with Crippen LogP contribution in [0.15, 0.2) is 6.33 Å². The molecular formula is C11H18N2O2. The number of imidazole rings is 1. The molecule has 0 saturated heterocycles. The fourth-order valence-electron chi connectivity index (χ4n) is 1.44. The molecule has 1 rings (SSSR count). The van der Waals surface area contributed by atoms with Gasteiger partial charge in [-0.2, -0.15) is 0 Å². The molecule has 1 atom stereocenters. The van der Waals surface area contributed by atoms with E-state index in [1.807, 2.05) is 11.5 Å². The SMILES string of the molecule is CCOC(=O)c1c(C)ncn1C(C)CC. The topological polar surface area (TPSA) is 44.1 Å². The van der Waals surface area contributed by atoms with E-state index in [0.29, 0.717) is 12.3 Å². The Balaban J connectivity index is 3.03. The summed E-state index contributed by atoms with van der Waals surface area (Å²) in [4.78, 5) is 15.8. The minimum absolute atomic E-state index is 0.269. The molecule has 0 radical (unpaired) electrons. The van der Waals surface area contributed by atoms with E-state index < -0.39 is 0 Å². The van der Waals surface area contributed by atoms with Gasteiger partial charge in [-0.25, -0.2) is 9.78 Å². The average Bonchev–Trinajstić information content (AvgIpc) is 2.59. The second-order valence-electron chi connectivity index (χ2n) is 3.56. The van der Waals surface area contributed by atoms with Crippen LogP contribution in [0.4, 0.5) is 0 Å². The van der Waals surface area contributed by atoms with Gasteiger partial charge in [-0.05, 0) is 27.2 Å². The number of hydrogen-bond donors (Lipinski definition) is 0. The van der Waals surface area contributed by atoms with Crippen molar-refractivity contribution >= 4 is 5.97 Å². The third-order valence-corrected chi connectivity index (χ3v) is 2.51. The molecule has 0 fully saturated rings. The predicted octanol–water partition coefficient (Wildman–Crippen LogP) is 2.34. The second kappa shape index (κ2) is 4.96. The van der Waals surface area contributed by atoms with E-state index in [0.717, 1.165) is 12.1 Å². The molecule has 0 aliphatic carbocycles. The van der Waals surface area contributed by atoms with Crippen LogP contribution in [0.1, 0.15) is 49.4 Å². The summed E-state index contributed by atoms with van der Waals surface area (Å²) in [6.07, 6.45) is 2.66. The predicted molar refractivity (Wildman–Crippen MR) is 57.9 cm³/mol. The number of carbonyl (C=O) groups is 1. The van der Waals surface area contributed by atoms with Crippen LogP contribution < -0.4 is 0 Å². The normalized spacial score (nSPS) is 12.5. The van der Waals surface area contributed by atoms with Gasteiger partial charge in [0.1, 0.15) is 5.69 Å². The van der Waals surface area contributed by atoms with E-state index in [4.69, 9.17) is 4.74 Å². The van der Waals surface area contributed by atoms with Gasteiger partial charge >= 0.3 is 5.97 Å². The van der Waals surface area contributed by atoms with Crippen LogP contribution in [0.5, 0.6) is 0 Å². The third kappa shape index (κ3) is 2.37. The average molecular weight is 210 g/mol. The molecule has 0 saturated carbocycles. The summed E-state index contributed by atoms with van der Waals surface area (Å²) in [5.41, 5.74) is 1.31. The van der Waals surface area contributed by atoms with Crippen LogP contribution >= 0.6 is 0 Å². The highest BCUT2D eigenvalue weighted by molar-refractivity contribution is 5.88. The number of aryl methyl sites for hydroxylation is 1. The lowest BCUT2D eigenvalue weighted by Gasteiger charge is -2.13. The van der Waals surface area contributed by atoms with Crippen LogP contribution in [0.3, 0.4) is 0 Å². The number of esters is 1. The van der Waals surface area contributed by atoms with Crippen molar-refractivity contribution in [1.82, 2.24) is 9.55 Å². The fraction of sp³-hybridized carbons (Fsp3) is 0.636. The summed E-state index contributed by atoms with van der Waals surface area (Å²) in [6, 6.07) is 0.269. The Morgan fingerprint density at radius 1 is 1.60 bits per heavy atom. The Morgan fingerprint density at radius 2 is 2.27 bits per heavy atom. The van der Waals surface area contributed by atoms with Gasteiger partial charge in [-0.3, -0.25) is 0 Å². The van der Waals surface area contributed by atoms with E-state index in [2.05, 4.69) is 18.8 Å². The van der Waals surface area contributed by atoms with Crippen molar-refractivity contribution in [2.45, 2.75) is 40.2 Å². The van der Waals surface area contributed by atoms with Crippen molar-refractivity contribution in [1.29, 1.82) is 0 Å². The largest absolute Gasteiger partial charge is 0.461 e. The maximum absolute atomic E-state index is 11.7. The number of hydrogen-bond acceptors (Lipinski definition) is 3. The second-order valence-corrected chi connectivity index (χ2v) is 3.56. The van der Waals surface area contributed by atoms with E-state index >= 15 is 0 Å². The fourth-order valence-corrected chi connectivity index (χ4v) is 1.44. The van der Waals surface area contributed by atoms with E-state index in [1.54, 1.807) is 13.3 Å². The summed E-state index contributed by atoms with van der Waals surface area (Å²) < 4.78 is 6.88. The first-order chi connectivity index (χ1) is 7.11. The summed E-state index contributed by atoms with van der Waals surface area (Å²) >= 11 is 0. The highest BCUT2D eigenvalue weighted by atomic mass is 16.5. The molecule has 1 aromatic rings. The molecule has 4 nitrogen and oxygen atoms in total. The van der Waals surface area contributed by atoms with Gasteiger partial charge in [0.2, 0.25) is 0 Å². The molecule has 1 aromatic heterocycles. The first-order valence-electron chi connectivity index (χ1n) is 5.32. The molecule has 4 heteroatoms. The minimum atomic E-state index is -0.284. The molecule has 84 valence electrons. The third-order valence-electron chi connectivity index (χ3n) is 2.51. The lowest BCUT2D eigenvalue weighted by Crippen LogP contribution is -2.15. The molecule has 1 unspecified atom stereocenters. The zero-order valence-corrected chi connectivity index (χ0v) is 9.78. The maximum Gasteiger partial charge on any atom is 0.356 e. The van der Waals surface area contributed by atoms with Crippen molar-refractivity contribution in [3.63, 3.8) is 0 Å². The highest BCUT2D eigenvalue weighted by Crippen LogP contribution is 2.17. The first-order valence-corrected chi connectivity index (χ1v) is 5.32. The van der Waals surface area contributed by atoms with E-state index in [-0.39, 0.29) is 12.0 Å². The molecular weight excluding hydrogens is 192 g/mol. The lowest BCUT2D eigenvalue weighted by molar-refractivity contribution is 0.0510. The smallest absolute Gasteiger partial charge is 0.356 e. The highest BCUT2D eigenvalue weighted by Gasteiger charge is 2.19. The van der Waals surface area contributed by atoms with Crippen molar-refractivity contribution in [3.8, 4) is 0 Å². The van der Waals surface area contributed by atoms with Crippen LogP contribution in [0.2, 0.25) is 0 Å². The van der Waals surface area contributed by atoms with Gasteiger partial charge in [0.05, 0.1) is 18.6 Å². The summed E-state index contributed by atoms with van der Waals surface area (Å²) in [5.74, 6) is -0.284. The minimum Gasteiger partial charge on any atom is -0.461 e. The first kappa shape index (κ1) is 11.8. The van der Waals surface area contributed by atoms with Crippen molar-refractivity contribution in [2.75, 3.05) is 6.61 Å². The van der Waals surface area contributed by atoms with Gasteiger partial charge in [0, 0.05) is 6.04 Å². The summed E-state index contributed by atoms with van der Waals surface area (Å²) in [5, 5.41) is 0. The molecule has 0 aliphatic rings.